The van der Waals surface area contributed by atoms with E-state index < -0.39 is 0 Å². The predicted octanol–water partition coefficient (Wildman–Crippen LogP) is -0.211. The van der Waals surface area contributed by atoms with Crippen LogP contribution in [0.25, 0.3) is 0 Å². The Balaban J connectivity index is 2.16. The fourth-order valence-electron chi connectivity index (χ4n) is 1.12. The fraction of sp³-hybridized carbons (Fsp3) is 0.444. The second-order valence-electron chi connectivity index (χ2n) is 3.10. The maximum absolute atomic E-state index is 11.4. The van der Waals surface area contributed by atoms with Gasteiger partial charge in [-0.25, -0.2) is 4.98 Å². The molecule has 0 unspecified atom stereocenters. The van der Waals surface area contributed by atoms with Crippen LogP contribution < -0.4 is 10.6 Å². The first kappa shape index (κ1) is 12.5. The molecule has 0 saturated heterocycles. The summed E-state index contributed by atoms with van der Waals surface area (Å²) in [5.74, 6) is -0.133. The van der Waals surface area contributed by atoms with E-state index in [9.17, 15) is 9.59 Å². The van der Waals surface area contributed by atoms with Crippen molar-refractivity contribution in [3.63, 3.8) is 0 Å². The van der Waals surface area contributed by atoms with Crippen LogP contribution in [0.1, 0.15) is 6.42 Å². The van der Waals surface area contributed by atoms with E-state index >= 15 is 0 Å². The Morgan fingerprint density at radius 3 is 3.00 bits per heavy atom. The van der Waals surface area contributed by atoms with Crippen molar-refractivity contribution in [2.24, 2.45) is 0 Å². The molecule has 1 aromatic rings. The first-order chi connectivity index (χ1) is 7.74. The van der Waals surface area contributed by atoms with Gasteiger partial charge < -0.3 is 15.2 Å². The van der Waals surface area contributed by atoms with E-state index in [-0.39, 0.29) is 17.7 Å². The summed E-state index contributed by atoms with van der Waals surface area (Å²) in [5, 5.41) is 5.50. The number of hydrogen-bond donors (Lipinski definition) is 2. The Kier molecular flexibility index (Phi) is 5.35. The van der Waals surface area contributed by atoms with E-state index in [0.717, 1.165) is 0 Å². The molecule has 88 valence electrons. The van der Waals surface area contributed by atoms with Gasteiger partial charge in [0.05, 0.1) is 0 Å². The highest BCUT2D eigenvalue weighted by Crippen LogP contribution is 2.03. The van der Waals surface area contributed by atoms with Crippen molar-refractivity contribution < 1.29 is 9.59 Å². The van der Waals surface area contributed by atoms with Crippen molar-refractivity contribution in [2.75, 3.05) is 13.1 Å². The number of aromatic nitrogens is 2. The Bertz CT molecular complexity index is 353. The van der Waals surface area contributed by atoms with Gasteiger partial charge in [0.1, 0.15) is 6.54 Å². The van der Waals surface area contributed by atoms with Gasteiger partial charge in [-0.05, 0) is 18.0 Å². The molecule has 1 aromatic heterocycles. The van der Waals surface area contributed by atoms with Crippen molar-refractivity contribution in [1.29, 1.82) is 0 Å². The number of hydrogen-bond acceptors (Lipinski definition) is 3. The third-order valence-corrected chi connectivity index (χ3v) is 2.20. The fourth-order valence-corrected chi connectivity index (χ4v) is 1.29. The van der Waals surface area contributed by atoms with Crippen LogP contribution in [0, 0.1) is 0 Å². The van der Waals surface area contributed by atoms with Gasteiger partial charge in [0.2, 0.25) is 17.6 Å². The zero-order valence-corrected chi connectivity index (χ0v) is 9.41. The summed E-state index contributed by atoms with van der Waals surface area (Å²) >= 11 is 5.71. The van der Waals surface area contributed by atoms with Gasteiger partial charge in [-0.1, -0.05) is 0 Å². The van der Waals surface area contributed by atoms with Crippen molar-refractivity contribution >= 4 is 23.9 Å². The number of nitrogens with zero attached hydrogens (tertiary/aromatic N) is 2. The van der Waals surface area contributed by atoms with Crippen molar-refractivity contribution in [3.8, 4) is 0 Å². The summed E-state index contributed by atoms with van der Waals surface area (Å²) in [5.41, 5.74) is 0. The Labute approximate surface area is 98.0 Å². The largest absolute Gasteiger partial charge is 0.359 e. The van der Waals surface area contributed by atoms with Gasteiger partial charge in [0.15, 0.2) is 0 Å². The third kappa shape index (κ3) is 4.31. The van der Waals surface area contributed by atoms with E-state index in [1.54, 1.807) is 10.8 Å². The van der Waals surface area contributed by atoms with Gasteiger partial charge >= 0.3 is 0 Å². The number of carbonyl (C=O) groups is 2. The quantitative estimate of drug-likeness (QED) is 0.515. The molecule has 6 nitrogen and oxygen atoms in total. The SMILES string of the molecule is O=CNCCCNC(=O)Cn1ccnc1Cl. The van der Waals surface area contributed by atoms with Crippen molar-refractivity contribution in [1.82, 2.24) is 20.2 Å². The van der Waals surface area contributed by atoms with Crippen LogP contribution >= 0.6 is 11.6 Å². The minimum atomic E-state index is -0.133. The molecule has 0 fully saturated rings. The van der Waals surface area contributed by atoms with E-state index in [4.69, 9.17) is 11.6 Å². The normalized spacial score (nSPS) is 9.81. The van der Waals surface area contributed by atoms with Crippen LogP contribution in [-0.2, 0) is 16.1 Å². The highest BCUT2D eigenvalue weighted by Gasteiger charge is 2.04. The predicted molar refractivity (Wildman–Crippen MR) is 58.9 cm³/mol. The monoisotopic (exact) mass is 244 g/mol. The topological polar surface area (TPSA) is 76.0 Å². The third-order valence-electron chi connectivity index (χ3n) is 1.88. The van der Waals surface area contributed by atoms with E-state index in [2.05, 4.69) is 15.6 Å². The lowest BCUT2D eigenvalue weighted by atomic mass is 10.4. The summed E-state index contributed by atoms with van der Waals surface area (Å²) in [6, 6.07) is 0. The second kappa shape index (κ2) is 6.84. The molecule has 7 heteroatoms. The van der Waals surface area contributed by atoms with Gasteiger partial charge in [-0.2, -0.15) is 0 Å². The zero-order chi connectivity index (χ0) is 11.8. The number of nitrogens with one attached hydrogen (secondary N) is 2. The summed E-state index contributed by atoms with van der Waals surface area (Å²) in [6.07, 6.45) is 4.49. The van der Waals surface area contributed by atoms with Crippen LogP contribution in [0.3, 0.4) is 0 Å². The van der Waals surface area contributed by atoms with E-state index in [1.165, 1.54) is 6.20 Å². The number of rotatable bonds is 7. The highest BCUT2D eigenvalue weighted by atomic mass is 35.5. The van der Waals surface area contributed by atoms with E-state index in [1.807, 2.05) is 0 Å². The average Bonchev–Trinajstić information content (AvgIpc) is 2.64. The Morgan fingerprint density at radius 1 is 1.56 bits per heavy atom. The van der Waals surface area contributed by atoms with Crippen LogP contribution in [0.15, 0.2) is 12.4 Å². The molecule has 1 heterocycles. The summed E-state index contributed by atoms with van der Waals surface area (Å²) in [4.78, 5) is 25.1. The molecule has 2 N–H and O–H groups in total. The molecule has 0 atom stereocenters. The lowest BCUT2D eigenvalue weighted by Crippen LogP contribution is -2.30. The lowest BCUT2D eigenvalue weighted by Gasteiger charge is -2.05. The Morgan fingerprint density at radius 2 is 2.38 bits per heavy atom. The summed E-state index contributed by atoms with van der Waals surface area (Å²) in [6.45, 7) is 1.22. The second-order valence-corrected chi connectivity index (χ2v) is 3.44. The number of carbonyl (C=O) groups excluding carboxylic acids is 2. The van der Waals surface area contributed by atoms with Crippen LogP contribution in [0.5, 0.6) is 0 Å². The molecule has 0 aliphatic heterocycles. The molecule has 0 bridgehead atoms. The highest BCUT2D eigenvalue weighted by molar-refractivity contribution is 6.28. The van der Waals surface area contributed by atoms with Gasteiger partial charge in [0, 0.05) is 25.5 Å². The molecule has 2 amide bonds. The lowest BCUT2D eigenvalue weighted by molar-refractivity contribution is -0.121. The molecule has 16 heavy (non-hydrogen) atoms. The first-order valence-corrected chi connectivity index (χ1v) is 5.22. The van der Waals surface area contributed by atoms with Crippen LogP contribution in [0.2, 0.25) is 5.28 Å². The summed E-state index contributed by atoms with van der Waals surface area (Å²) < 4.78 is 1.54. The molecule has 0 aliphatic carbocycles. The Hall–Kier alpha value is -1.56. The number of amides is 2. The van der Waals surface area contributed by atoms with Gasteiger partial charge in [-0.3, -0.25) is 9.59 Å². The molecule has 0 radical (unpaired) electrons. The van der Waals surface area contributed by atoms with Crippen molar-refractivity contribution in [2.45, 2.75) is 13.0 Å². The molecule has 0 saturated carbocycles. The molecule has 0 aliphatic rings. The minimum absolute atomic E-state index is 0.133. The average molecular weight is 245 g/mol. The van der Waals surface area contributed by atoms with E-state index in [0.29, 0.717) is 25.9 Å². The molecule has 0 aromatic carbocycles. The maximum atomic E-state index is 11.4. The molecular weight excluding hydrogens is 232 g/mol. The smallest absolute Gasteiger partial charge is 0.240 e. The van der Waals surface area contributed by atoms with Crippen molar-refractivity contribution in [3.05, 3.63) is 17.7 Å². The zero-order valence-electron chi connectivity index (χ0n) is 8.65. The molecular formula is C9H13ClN4O2. The van der Waals surface area contributed by atoms with Crippen LogP contribution in [0.4, 0.5) is 0 Å². The maximum Gasteiger partial charge on any atom is 0.240 e. The number of halogens is 1. The standard InChI is InChI=1S/C9H13ClN4O2/c10-9-13-4-5-14(9)6-8(16)12-3-1-2-11-7-15/h4-5,7H,1-3,6H2,(H,11,15)(H,12,16). The minimum Gasteiger partial charge on any atom is -0.359 e. The van der Waals surface area contributed by atoms with Gasteiger partial charge in [-0.15, -0.1) is 0 Å². The number of imidazole rings is 1. The first-order valence-electron chi connectivity index (χ1n) is 4.84. The summed E-state index contributed by atoms with van der Waals surface area (Å²) in [7, 11) is 0. The van der Waals surface area contributed by atoms with Crippen LogP contribution in [-0.4, -0.2) is 35.0 Å². The molecule has 1 rings (SSSR count). The van der Waals surface area contributed by atoms with Gasteiger partial charge in [0.25, 0.3) is 0 Å². The molecule has 0 spiro atoms.